The molecule has 1 aliphatic carbocycles. The molecule has 0 spiro atoms. The maximum Gasteiger partial charge on any atom is 0.225 e. The molecular weight excluding hydrogens is 352 g/mol. The number of para-hydroxylation sites is 2. The summed E-state index contributed by atoms with van der Waals surface area (Å²) in [5, 5.41) is 0. The average Bonchev–Trinajstić information content (AvgIpc) is 2.67. The van der Waals surface area contributed by atoms with E-state index in [1.807, 2.05) is 41.3 Å². The van der Waals surface area contributed by atoms with Gasteiger partial charge in [0.05, 0.1) is 13.2 Å². The third-order valence-corrected chi connectivity index (χ3v) is 5.61. The first-order valence-electron chi connectivity index (χ1n) is 10.4. The SMILES string of the molecule is O=C(C1CCC1)N1CCCCCCOc2ccccc2Oc2ncccc2C1. The summed E-state index contributed by atoms with van der Waals surface area (Å²) in [5.41, 5.74) is 0.932. The molecule has 148 valence electrons. The second-order valence-electron chi connectivity index (χ2n) is 7.67. The van der Waals surface area contributed by atoms with Gasteiger partial charge >= 0.3 is 0 Å². The fourth-order valence-electron chi connectivity index (χ4n) is 3.72. The van der Waals surface area contributed by atoms with E-state index in [-0.39, 0.29) is 11.8 Å². The van der Waals surface area contributed by atoms with Crippen LogP contribution in [0.1, 0.15) is 50.5 Å². The lowest BCUT2D eigenvalue weighted by Gasteiger charge is -2.32. The molecule has 0 N–H and O–H groups in total. The highest BCUT2D eigenvalue weighted by Gasteiger charge is 2.30. The molecule has 0 bridgehead atoms. The highest BCUT2D eigenvalue weighted by Crippen LogP contribution is 2.34. The highest BCUT2D eigenvalue weighted by atomic mass is 16.5. The van der Waals surface area contributed by atoms with Crippen molar-refractivity contribution in [3.8, 4) is 17.4 Å². The predicted molar refractivity (Wildman–Crippen MR) is 107 cm³/mol. The molecule has 4 rings (SSSR count). The molecule has 0 unspecified atom stereocenters. The standard InChI is InChI=1S/C23H28N2O3/c26-23(18-9-7-10-18)25-15-5-1-2-6-16-27-20-12-3-4-13-21(20)28-22-19(17-25)11-8-14-24-22/h3-4,8,11-14,18H,1-2,5-7,9-10,15-17H2. The van der Waals surface area contributed by atoms with Crippen molar-refractivity contribution in [1.29, 1.82) is 0 Å². The summed E-state index contributed by atoms with van der Waals surface area (Å²) in [6.07, 6.45) is 9.17. The molecule has 2 aromatic rings. The number of fused-ring (bicyclic) bond motifs is 2. The first-order valence-corrected chi connectivity index (χ1v) is 10.4. The van der Waals surface area contributed by atoms with Gasteiger partial charge in [-0.15, -0.1) is 0 Å². The second kappa shape index (κ2) is 9.09. The lowest BCUT2D eigenvalue weighted by molar-refractivity contribution is -0.138. The number of amides is 1. The molecule has 5 heteroatoms. The van der Waals surface area contributed by atoms with E-state index >= 15 is 0 Å². The molecule has 2 aliphatic rings. The number of benzene rings is 1. The molecule has 28 heavy (non-hydrogen) atoms. The number of aromatic nitrogens is 1. The molecule has 0 saturated heterocycles. The zero-order chi connectivity index (χ0) is 19.2. The van der Waals surface area contributed by atoms with Crippen LogP contribution in [0.5, 0.6) is 17.4 Å². The van der Waals surface area contributed by atoms with Crippen molar-refractivity contribution in [3.63, 3.8) is 0 Å². The summed E-state index contributed by atoms with van der Waals surface area (Å²) in [6.45, 7) is 2.00. The van der Waals surface area contributed by atoms with Crippen molar-refractivity contribution in [1.82, 2.24) is 9.88 Å². The monoisotopic (exact) mass is 380 g/mol. The molecule has 5 nitrogen and oxygen atoms in total. The zero-order valence-electron chi connectivity index (χ0n) is 16.3. The quantitative estimate of drug-likeness (QED) is 0.702. The summed E-state index contributed by atoms with van der Waals surface area (Å²) in [7, 11) is 0. The third-order valence-electron chi connectivity index (χ3n) is 5.61. The topological polar surface area (TPSA) is 51.7 Å². The fourth-order valence-corrected chi connectivity index (χ4v) is 3.72. The van der Waals surface area contributed by atoms with Crippen LogP contribution in [0.3, 0.4) is 0 Å². The number of carbonyl (C=O) groups is 1. The Kier molecular flexibility index (Phi) is 6.10. The Bertz CT molecular complexity index is 804. The van der Waals surface area contributed by atoms with Gasteiger partial charge in [0.1, 0.15) is 0 Å². The normalized spacial score (nSPS) is 18.5. The molecule has 1 aromatic heterocycles. The largest absolute Gasteiger partial charge is 0.490 e. The lowest BCUT2D eigenvalue weighted by Crippen LogP contribution is -2.39. The van der Waals surface area contributed by atoms with Crippen LogP contribution >= 0.6 is 0 Å². The number of hydrogen-bond acceptors (Lipinski definition) is 4. The summed E-state index contributed by atoms with van der Waals surface area (Å²) in [4.78, 5) is 19.4. The van der Waals surface area contributed by atoms with Gasteiger partial charge in [0.25, 0.3) is 0 Å². The van der Waals surface area contributed by atoms with Crippen LogP contribution < -0.4 is 9.47 Å². The van der Waals surface area contributed by atoms with Gasteiger partial charge in [0, 0.05) is 24.2 Å². The minimum atomic E-state index is 0.203. The van der Waals surface area contributed by atoms with Crippen LogP contribution in [0.25, 0.3) is 0 Å². The van der Waals surface area contributed by atoms with Gasteiger partial charge in [-0.3, -0.25) is 4.79 Å². The van der Waals surface area contributed by atoms with E-state index in [4.69, 9.17) is 9.47 Å². The molecular formula is C23H28N2O3. The first kappa shape index (κ1) is 18.8. The van der Waals surface area contributed by atoms with Gasteiger partial charge in [0.15, 0.2) is 11.5 Å². The third kappa shape index (κ3) is 4.46. The van der Waals surface area contributed by atoms with E-state index < -0.39 is 0 Å². The molecule has 1 aromatic carbocycles. The van der Waals surface area contributed by atoms with Crippen molar-refractivity contribution in [2.24, 2.45) is 5.92 Å². The zero-order valence-corrected chi connectivity index (χ0v) is 16.3. The number of nitrogens with zero attached hydrogens (tertiary/aromatic N) is 2. The highest BCUT2D eigenvalue weighted by molar-refractivity contribution is 5.79. The molecule has 1 saturated carbocycles. The Morgan fingerprint density at radius 3 is 2.61 bits per heavy atom. The number of carbonyl (C=O) groups excluding carboxylic acids is 1. The van der Waals surface area contributed by atoms with E-state index in [2.05, 4.69) is 4.98 Å². The van der Waals surface area contributed by atoms with Crippen LogP contribution in [0.2, 0.25) is 0 Å². The van der Waals surface area contributed by atoms with Crippen LogP contribution in [0, 0.1) is 5.92 Å². The van der Waals surface area contributed by atoms with Gasteiger partial charge in [-0.05, 0) is 43.9 Å². The van der Waals surface area contributed by atoms with Gasteiger partial charge in [0.2, 0.25) is 11.8 Å². The van der Waals surface area contributed by atoms with Crippen LogP contribution in [0.15, 0.2) is 42.6 Å². The Morgan fingerprint density at radius 2 is 1.79 bits per heavy atom. The number of hydrogen-bond donors (Lipinski definition) is 0. The average molecular weight is 380 g/mol. The van der Waals surface area contributed by atoms with Crippen molar-refractivity contribution >= 4 is 5.91 Å². The Hall–Kier alpha value is -2.56. The second-order valence-corrected chi connectivity index (χ2v) is 7.67. The maximum atomic E-state index is 13.0. The van der Waals surface area contributed by atoms with Gasteiger partial charge in [-0.2, -0.15) is 0 Å². The predicted octanol–water partition coefficient (Wildman–Crippen LogP) is 4.96. The molecule has 2 heterocycles. The van der Waals surface area contributed by atoms with Crippen molar-refractivity contribution in [3.05, 3.63) is 48.2 Å². The molecule has 0 atom stereocenters. The molecule has 1 fully saturated rings. The van der Waals surface area contributed by atoms with Crippen LogP contribution in [-0.2, 0) is 11.3 Å². The molecule has 0 radical (unpaired) electrons. The Morgan fingerprint density at radius 1 is 0.964 bits per heavy atom. The van der Waals surface area contributed by atoms with Crippen LogP contribution in [-0.4, -0.2) is 28.9 Å². The minimum Gasteiger partial charge on any atom is -0.490 e. The number of pyridine rings is 1. The summed E-state index contributed by atoms with van der Waals surface area (Å²) >= 11 is 0. The van der Waals surface area contributed by atoms with Crippen molar-refractivity contribution < 1.29 is 14.3 Å². The number of ether oxygens (including phenoxy) is 2. The Balaban J connectivity index is 1.61. The van der Waals surface area contributed by atoms with E-state index in [9.17, 15) is 4.79 Å². The van der Waals surface area contributed by atoms with Crippen molar-refractivity contribution in [2.75, 3.05) is 13.2 Å². The van der Waals surface area contributed by atoms with E-state index in [0.717, 1.165) is 56.4 Å². The fraction of sp³-hybridized carbons (Fsp3) is 0.478. The molecule has 1 aliphatic heterocycles. The Labute approximate surface area is 166 Å². The smallest absolute Gasteiger partial charge is 0.225 e. The minimum absolute atomic E-state index is 0.203. The van der Waals surface area contributed by atoms with Gasteiger partial charge in [-0.25, -0.2) is 4.98 Å². The van der Waals surface area contributed by atoms with Crippen molar-refractivity contribution in [2.45, 2.75) is 51.5 Å². The van der Waals surface area contributed by atoms with Gasteiger partial charge < -0.3 is 14.4 Å². The summed E-state index contributed by atoms with van der Waals surface area (Å²) in [5.74, 6) is 2.43. The van der Waals surface area contributed by atoms with E-state index in [0.29, 0.717) is 24.8 Å². The lowest BCUT2D eigenvalue weighted by atomic mass is 9.84. The van der Waals surface area contributed by atoms with Gasteiger partial charge in [-0.1, -0.05) is 37.5 Å². The number of rotatable bonds is 1. The maximum absolute atomic E-state index is 13.0. The molecule has 1 amide bonds. The summed E-state index contributed by atoms with van der Waals surface area (Å²) in [6, 6.07) is 11.6. The first-order chi connectivity index (χ1) is 13.8. The summed E-state index contributed by atoms with van der Waals surface area (Å²) < 4.78 is 12.1. The van der Waals surface area contributed by atoms with Crippen LogP contribution in [0.4, 0.5) is 0 Å². The van der Waals surface area contributed by atoms with E-state index in [1.165, 1.54) is 6.42 Å². The van der Waals surface area contributed by atoms with E-state index in [1.54, 1.807) is 6.20 Å².